The molecule has 1 aromatic heterocycles. The molecule has 0 atom stereocenters. The van der Waals surface area contributed by atoms with Gasteiger partial charge in [0.25, 0.3) is 0 Å². The lowest BCUT2D eigenvalue weighted by atomic mass is 10.2. The van der Waals surface area contributed by atoms with E-state index in [-0.39, 0.29) is 5.82 Å². The Labute approximate surface area is 86.7 Å². The van der Waals surface area contributed by atoms with E-state index >= 15 is 0 Å². The smallest absolute Gasteiger partial charge is 0.346 e. The summed E-state index contributed by atoms with van der Waals surface area (Å²) in [7, 11) is 0. The zero-order chi connectivity index (χ0) is 11.5. The minimum Gasteiger partial charge on any atom is -0.594 e. The second-order valence-corrected chi connectivity index (χ2v) is 3.85. The summed E-state index contributed by atoms with van der Waals surface area (Å²) >= 11 is 0. The first-order chi connectivity index (χ1) is 6.87. The molecule has 82 valence electrons. The van der Waals surface area contributed by atoms with E-state index in [1.54, 1.807) is 20.8 Å². The van der Waals surface area contributed by atoms with Gasteiger partial charge in [0.2, 0.25) is 0 Å². The van der Waals surface area contributed by atoms with Gasteiger partial charge in [-0.2, -0.15) is 0 Å². The predicted molar refractivity (Wildman–Crippen MR) is 52.8 cm³/mol. The van der Waals surface area contributed by atoms with Crippen LogP contribution in [0.1, 0.15) is 20.8 Å². The maximum absolute atomic E-state index is 11.2. The number of aliphatic imine (C=N–C) groups is 1. The largest absolute Gasteiger partial charge is 0.594 e. The summed E-state index contributed by atoms with van der Waals surface area (Å²) < 4.78 is 4.93. The summed E-state index contributed by atoms with van der Waals surface area (Å²) in [4.78, 5) is 20.0. The van der Waals surface area contributed by atoms with Gasteiger partial charge >= 0.3 is 5.69 Å². The number of H-pyrrole nitrogens is 1. The van der Waals surface area contributed by atoms with Crippen LogP contribution in [0.15, 0.2) is 22.1 Å². The molecule has 1 rings (SSSR count). The molecule has 0 aromatic carbocycles. The van der Waals surface area contributed by atoms with Crippen molar-refractivity contribution in [3.05, 3.63) is 22.7 Å². The number of hydrogen-bond donors (Lipinski definition) is 1. The van der Waals surface area contributed by atoms with Crippen molar-refractivity contribution >= 4 is 11.9 Å². The first kappa shape index (κ1) is 11.2. The molecule has 1 heterocycles. The summed E-state index contributed by atoms with van der Waals surface area (Å²) in [6.45, 7) is 5.20. The molecule has 0 amide bonds. The number of aromatic nitrogens is 2. The standard InChI is InChI=1S/C9H13N3O3/c1-9(2,3)15-8(14)12-6-4-5-10-7(13)11-6/h4-5H,1-3H3,(H2,10,11,12,13,14)/p-1. The first-order valence-corrected chi connectivity index (χ1v) is 4.37. The molecule has 0 aliphatic rings. The van der Waals surface area contributed by atoms with E-state index in [1.807, 2.05) is 0 Å². The Morgan fingerprint density at radius 3 is 2.80 bits per heavy atom. The van der Waals surface area contributed by atoms with Gasteiger partial charge in [0.15, 0.2) is 6.08 Å². The van der Waals surface area contributed by atoms with Crippen molar-refractivity contribution in [2.24, 2.45) is 4.99 Å². The van der Waals surface area contributed by atoms with Crippen LogP contribution in [-0.4, -0.2) is 21.7 Å². The summed E-state index contributed by atoms with van der Waals surface area (Å²) in [5, 5.41) is 11.2. The summed E-state index contributed by atoms with van der Waals surface area (Å²) in [5.74, 6) is 0.129. The molecule has 1 aromatic rings. The monoisotopic (exact) mass is 210 g/mol. The van der Waals surface area contributed by atoms with Gasteiger partial charge in [-0.1, -0.05) is 20.8 Å². The van der Waals surface area contributed by atoms with Crippen molar-refractivity contribution in [3.8, 4) is 0 Å². The lowest BCUT2D eigenvalue weighted by molar-refractivity contribution is -0.259. The van der Waals surface area contributed by atoms with Gasteiger partial charge in [-0.05, 0) is 6.07 Å². The van der Waals surface area contributed by atoms with Crippen LogP contribution in [0.2, 0.25) is 0 Å². The summed E-state index contributed by atoms with van der Waals surface area (Å²) in [6, 6.07) is 1.41. The van der Waals surface area contributed by atoms with Crippen molar-refractivity contribution in [1.29, 1.82) is 0 Å². The van der Waals surface area contributed by atoms with E-state index in [4.69, 9.17) is 4.74 Å². The van der Waals surface area contributed by atoms with Crippen LogP contribution in [0.5, 0.6) is 0 Å². The molecule has 0 saturated carbocycles. The van der Waals surface area contributed by atoms with E-state index in [9.17, 15) is 9.90 Å². The van der Waals surface area contributed by atoms with Gasteiger partial charge in [0.1, 0.15) is 5.82 Å². The maximum Gasteiger partial charge on any atom is 0.346 e. The van der Waals surface area contributed by atoms with Crippen molar-refractivity contribution in [2.75, 3.05) is 0 Å². The van der Waals surface area contributed by atoms with E-state index in [0.29, 0.717) is 0 Å². The van der Waals surface area contributed by atoms with Crippen LogP contribution in [0.3, 0.4) is 0 Å². The highest BCUT2D eigenvalue weighted by Gasteiger charge is 2.04. The molecule has 0 aliphatic carbocycles. The fourth-order valence-corrected chi connectivity index (χ4v) is 0.807. The third-order valence-electron chi connectivity index (χ3n) is 1.26. The number of nitrogens with zero attached hydrogens (tertiary/aromatic N) is 2. The highest BCUT2D eigenvalue weighted by atomic mass is 16.6. The number of aromatic amines is 1. The van der Waals surface area contributed by atoms with E-state index < -0.39 is 17.4 Å². The predicted octanol–water partition coefficient (Wildman–Crippen LogP) is -0.0672. The van der Waals surface area contributed by atoms with Crippen LogP contribution in [0.4, 0.5) is 5.82 Å². The number of hydrogen-bond acceptors (Lipinski definition) is 5. The van der Waals surface area contributed by atoms with Crippen LogP contribution >= 0.6 is 0 Å². The van der Waals surface area contributed by atoms with Gasteiger partial charge in [-0.25, -0.2) is 14.8 Å². The molecule has 0 unspecified atom stereocenters. The van der Waals surface area contributed by atoms with Gasteiger partial charge < -0.3 is 9.84 Å². The van der Waals surface area contributed by atoms with Crippen molar-refractivity contribution < 1.29 is 9.84 Å². The fourth-order valence-electron chi connectivity index (χ4n) is 0.807. The third-order valence-corrected chi connectivity index (χ3v) is 1.26. The van der Waals surface area contributed by atoms with Crippen LogP contribution in [0.25, 0.3) is 0 Å². The fraction of sp³-hybridized carbons (Fsp3) is 0.444. The minimum atomic E-state index is -0.746. The lowest BCUT2D eigenvalue weighted by Gasteiger charge is -2.29. The van der Waals surface area contributed by atoms with Crippen LogP contribution < -0.4 is 10.8 Å². The van der Waals surface area contributed by atoms with Crippen LogP contribution in [-0.2, 0) is 4.74 Å². The Kier molecular flexibility index (Phi) is 3.08. The quantitative estimate of drug-likeness (QED) is 0.519. The van der Waals surface area contributed by atoms with Gasteiger partial charge in [-0.3, -0.25) is 4.98 Å². The number of rotatable bonds is 1. The van der Waals surface area contributed by atoms with E-state index in [0.717, 1.165) is 0 Å². The molecular formula is C9H12N3O3-. The van der Waals surface area contributed by atoms with Gasteiger partial charge in [0, 0.05) is 11.8 Å². The van der Waals surface area contributed by atoms with Crippen molar-refractivity contribution in [3.63, 3.8) is 0 Å². The summed E-state index contributed by atoms with van der Waals surface area (Å²) in [5.41, 5.74) is -1.16. The summed E-state index contributed by atoms with van der Waals surface area (Å²) in [6.07, 6.45) is 0.520. The Morgan fingerprint density at radius 2 is 2.27 bits per heavy atom. The normalized spacial score (nSPS) is 12.6. The zero-order valence-electron chi connectivity index (χ0n) is 8.77. The molecular weight excluding hydrogens is 198 g/mol. The highest BCUT2D eigenvalue weighted by Crippen LogP contribution is 2.08. The molecule has 15 heavy (non-hydrogen) atoms. The van der Waals surface area contributed by atoms with E-state index in [2.05, 4.69) is 15.0 Å². The number of ether oxygens (including phenoxy) is 1. The van der Waals surface area contributed by atoms with Gasteiger partial charge in [-0.15, -0.1) is 0 Å². The lowest BCUT2D eigenvalue weighted by Crippen LogP contribution is -2.31. The average Bonchev–Trinajstić information content (AvgIpc) is 1.99. The third kappa shape index (κ3) is 4.26. The maximum atomic E-state index is 11.2. The molecule has 0 aliphatic heterocycles. The molecule has 0 saturated heterocycles. The second kappa shape index (κ2) is 4.12. The Morgan fingerprint density at radius 1 is 1.60 bits per heavy atom. The highest BCUT2D eigenvalue weighted by molar-refractivity contribution is 5.65. The SMILES string of the molecule is CC(C)(C)OC([O-])=Nc1ccnc(=O)[nH]1. The molecule has 0 fully saturated rings. The molecule has 6 nitrogen and oxygen atoms in total. The van der Waals surface area contributed by atoms with E-state index in [1.165, 1.54) is 12.3 Å². The van der Waals surface area contributed by atoms with Crippen molar-refractivity contribution in [1.82, 2.24) is 9.97 Å². The first-order valence-electron chi connectivity index (χ1n) is 4.37. The van der Waals surface area contributed by atoms with Crippen LogP contribution in [0, 0.1) is 0 Å². The van der Waals surface area contributed by atoms with Crippen molar-refractivity contribution in [2.45, 2.75) is 26.4 Å². The van der Waals surface area contributed by atoms with Gasteiger partial charge in [0.05, 0.1) is 0 Å². The topological polar surface area (TPSA) is 90.4 Å². The minimum absolute atomic E-state index is 0.129. The molecule has 0 spiro atoms. The molecule has 0 radical (unpaired) electrons. The molecule has 6 heteroatoms. The molecule has 1 N–H and O–H groups in total. The second-order valence-electron chi connectivity index (χ2n) is 3.85. The average molecular weight is 210 g/mol. The Bertz CT molecular complexity index is 417. The number of nitrogens with one attached hydrogen (secondary N) is 1. The molecule has 0 bridgehead atoms. The Balaban J connectivity index is 2.84. The zero-order valence-corrected chi connectivity index (χ0v) is 8.77. The Hall–Kier alpha value is -1.85.